The van der Waals surface area contributed by atoms with Crippen LogP contribution in [0.2, 0.25) is 0 Å². The van der Waals surface area contributed by atoms with Crippen molar-refractivity contribution in [1.82, 2.24) is 19.8 Å². The van der Waals surface area contributed by atoms with Crippen LogP contribution in [0.3, 0.4) is 0 Å². The average molecular weight is 513 g/mol. The summed E-state index contributed by atoms with van der Waals surface area (Å²) in [5.41, 5.74) is 4.06. The van der Waals surface area contributed by atoms with Gasteiger partial charge < -0.3 is 29.2 Å². The molecule has 2 aromatic carbocycles. The fourth-order valence-corrected chi connectivity index (χ4v) is 5.19. The Morgan fingerprint density at radius 3 is 1.55 bits per heavy atom. The van der Waals surface area contributed by atoms with Crippen molar-refractivity contribution in [2.24, 2.45) is 0 Å². The van der Waals surface area contributed by atoms with Crippen molar-refractivity contribution in [2.45, 2.75) is 25.7 Å². The minimum atomic E-state index is -0.626. The fraction of sp³-hybridized carbons (Fsp3) is 0.333. The number of aromatic nitrogens is 2. The van der Waals surface area contributed by atoms with Crippen molar-refractivity contribution in [1.29, 1.82) is 0 Å². The Balaban J connectivity index is 1.11. The minimum absolute atomic E-state index is 0.481. The van der Waals surface area contributed by atoms with Gasteiger partial charge in [0.15, 0.2) is 0 Å². The maximum atomic E-state index is 12.6. The molecule has 0 saturated carbocycles. The van der Waals surface area contributed by atoms with E-state index in [9.17, 15) is 9.59 Å². The van der Waals surface area contributed by atoms with Crippen LogP contribution in [0, 0.1) is 0 Å². The van der Waals surface area contributed by atoms with Crippen molar-refractivity contribution in [3.8, 4) is 11.5 Å². The number of ether oxygens (including phenoxy) is 2. The molecule has 0 amide bonds. The van der Waals surface area contributed by atoms with Gasteiger partial charge in [-0.3, -0.25) is 0 Å². The van der Waals surface area contributed by atoms with Crippen LogP contribution in [0.4, 0.5) is 0 Å². The average Bonchev–Trinajstić information content (AvgIpc) is 3.46. The van der Waals surface area contributed by atoms with Crippen LogP contribution in [0.1, 0.15) is 24.0 Å². The van der Waals surface area contributed by atoms with E-state index in [0.29, 0.717) is 11.5 Å². The molecule has 8 heteroatoms. The Bertz CT molecular complexity index is 1380. The summed E-state index contributed by atoms with van der Waals surface area (Å²) in [6.07, 6.45) is 10.5. The van der Waals surface area contributed by atoms with E-state index in [4.69, 9.17) is 9.47 Å². The van der Waals surface area contributed by atoms with E-state index in [1.807, 2.05) is 36.7 Å². The summed E-state index contributed by atoms with van der Waals surface area (Å²) in [6, 6.07) is 11.2. The molecular weight excluding hydrogens is 480 g/mol. The normalized spacial score (nSPS) is 16.1. The van der Waals surface area contributed by atoms with Gasteiger partial charge in [0.2, 0.25) is 0 Å². The molecule has 196 valence electrons. The van der Waals surface area contributed by atoms with Crippen molar-refractivity contribution >= 4 is 33.7 Å². The van der Waals surface area contributed by atoms with E-state index in [1.165, 1.54) is 12.8 Å². The number of hydrogen-bond acceptors (Lipinski definition) is 6. The number of hydrogen-bond donors (Lipinski definition) is 2. The summed E-state index contributed by atoms with van der Waals surface area (Å²) in [4.78, 5) is 36.6. The smallest absolute Gasteiger partial charge is 0.336 e. The summed E-state index contributed by atoms with van der Waals surface area (Å²) in [5, 5.41) is 1.81. The molecule has 0 unspecified atom stereocenters. The van der Waals surface area contributed by atoms with Crippen molar-refractivity contribution < 1.29 is 19.1 Å². The largest absolute Gasteiger partial charge is 0.423 e. The van der Waals surface area contributed by atoms with Crippen molar-refractivity contribution in [3.63, 3.8) is 0 Å². The number of carbonyl (C=O) groups is 2. The number of fused-ring (bicyclic) bond motifs is 2. The number of nitrogens with one attached hydrogen (secondary N) is 2. The zero-order chi connectivity index (χ0) is 25.9. The van der Waals surface area contributed by atoms with Gasteiger partial charge in [0.05, 0.1) is 0 Å². The molecule has 6 rings (SSSR count). The Kier molecular flexibility index (Phi) is 6.98. The lowest BCUT2D eigenvalue weighted by molar-refractivity contribution is -0.131. The summed E-state index contributed by atoms with van der Waals surface area (Å²) < 4.78 is 11.3. The molecule has 2 aromatic heterocycles. The third-order valence-electron chi connectivity index (χ3n) is 7.57. The molecule has 0 bridgehead atoms. The van der Waals surface area contributed by atoms with Crippen LogP contribution in [-0.4, -0.2) is 71.0 Å². The number of rotatable bonds is 10. The van der Waals surface area contributed by atoms with Gasteiger partial charge in [-0.15, -0.1) is 0 Å². The molecule has 2 saturated heterocycles. The molecule has 38 heavy (non-hydrogen) atoms. The number of benzene rings is 2. The van der Waals surface area contributed by atoms with E-state index < -0.39 is 11.9 Å². The summed E-state index contributed by atoms with van der Waals surface area (Å²) in [7, 11) is 0. The number of likely N-dealkylation sites (tertiary alicyclic amines) is 2. The third kappa shape index (κ3) is 5.23. The monoisotopic (exact) mass is 512 g/mol. The van der Waals surface area contributed by atoms with Gasteiger partial charge in [0.25, 0.3) is 0 Å². The first-order valence-corrected chi connectivity index (χ1v) is 13.4. The maximum absolute atomic E-state index is 12.6. The molecule has 2 aliphatic rings. The molecule has 2 N–H and O–H groups in total. The van der Waals surface area contributed by atoms with Crippen LogP contribution in [-0.2, 0) is 22.4 Å². The summed E-state index contributed by atoms with van der Waals surface area (Å²) in [6.45, 7) is 6.53. The highest BCUT2D eigenvalue weighted by atomic mass is 16.5. The zero-order valence-electron chi connectivity index (χ0n) is 21.4. The molecule has 2 fully saturated rings. The van der Waals surface area contributed by atoms with Crippen LogP contribution in [0.25, 0.3) is 21.8 Å². The molecule has 0 aliphatic carbocycles. The van der Waals surface area contributed by atoms with Crippen LogP contribution < -0.4 is 9.47 Å². The number of aromatic amines is 2. The van der Waals surface area contributed by atoms with Gasteiger partial charge >= 0.3 is 11.9 Å². The number of H-pyrrole nitrogens is 2. The predicted octanol–water partition coefficient (Wildman–Crippen LogP) is 4.21. The van der Waals surface area contributed by atoms with Gasteiger partial charge in [-0.05, 0) is 87.3 Å². The Morgan fingerprint density at radius 2 is 1.16 bits per heavy atom. The Morgan fingerprint density at radius 1 is 0.711 bits per heavy atom. The molecule has 0 atom stereocenters. The highest BCUT2D eigenvalue weighted by molar-refractivity contribution is 5.98. The molecule has 0 spiro atoms. The standard InChI is InChI=1S/C30H32N4O4/c35-27(37-25-7-1-5-23-29(25)21(19-31-23)11-17-33-13-3-14-33)9-10-28(36)38-26-8-2-6-24-30(26)22(20-32-24)12-18-34-15-4-16-34/h1-2,5-10,19-20,31-32H,3-4,11-18H2/b10-9+. The lowest BCUT2D eigenvalue weighted by atomic mass is 10.1. The molecule has 2 aliphatic heterocycles. The first-order chi connectivity index (χ1) is 18.6. The number of esters is 2. The van der Waals surface area contributed by atoms with E-state index in [2.05, 4.69) is 19.8 Å². The van der Waals surface area contributed by atoms with Crippen LogP contribution in [0.15, 0.2) is 60.9 Å². The van der Waals surface area contributed by atoms with E-state index >= 15 is 0 Å². The van der Waals surface area contributed by atoms with Gasteiger partial charge in [0.1, 0.15) is 11.5 Å². The minimum Gasteiger partial charge on any atom is -0.423 e. The fourth-order valence-electron chi connectivity index (χ4n) is 5.19. The lowest BCUT2D eigenvalue weighted by Gasteiger charge is -2.30. The summed E-state index contributed by atoms with van der Waals surface area (Å²) >= 11 is 0. The van der Waals surface area contributed by atoms with Crippen LogP contribution >= 0.6 is 0 Å². The SMILES string of the molecule is O=C(/C=C/C(=O)Oc1cccc2[nH]cc(CCN3CCC3)c12)Oc1cccc2[nH]cc(CCN3CCC3)c12. The van der Waals surface area contributed by atoms with Crippen molar-refractivity contribution in [2.75, 3.05) is 39.3 Å². The summed E-state index contributed by atoms with van der Waals surface area (Å²) in [5.74, 6) is -0.289. The highest BCUT2D eigenvalue weighted by Gasteiger charge is 2.18. The molecule has 0 radical (unpaired) electrons. The molecule has 8 nitrogen and oxygen atoms in total. The van der Waals surface area contributed by atoms with E-state index in [1.54, 1.807) is 12.1 Å². The van der Waals surface area contributed by atoms with Gasteiger partial charge in [0, 0.05) is 59.4 Å². The zero-order valence-corrected chi connectivity index (χ0v) is 21.4. The Hall–Kier alpha value is -3.88. The predicted molar refractivity (Wildman–Crippen MR) is 147 cm³/mol. The van der Waals surface area contributed by atoms with E-state index in [0.717, 1.165) is 97.2 Å². The van der Waals surface area contributed by atoms with Gasteiger partial charge in [-0.1, -0.05) is 12.1 Å². The first kappa shape index (κ1) is 24.5. The number of nitrogens with zero attached hydrogens (tertiary/aromatic N) is 2. The van der Waals surface area contributed by atoms with E-state index in [-0.39, 0.29) is 0 Å². The quantitative estimate of drug-likeness (QED) is 0.188. The second kappa shape index (κ2) is 10.8. The topological polar surface area (TPSA) is 90.7 Å². The number of carbonyl (C=O) groups excluding carboxylic acids is 2. The van der Waals surface area contributed by atoms with Gasteiger partial charge in [-0.2, -0.15) is 0 Å². The third-order valence-corrected chi connectivity index (χ3v) is 7.57. The lowest BCUT2D eigenvalue weighted by Crippen LogP contribution is -2.38. The second-order valence-corrected chi connectivity index (χ2v) is 10.1. The second-order valence-electron chi connectivity index (χ2n) is 10.1. The Labute approximate surface area is 221 Å². The molecular formula is C30H32N4O4. The van der Waals surface area contributed by atoms with Crippen molar-refractivity contribution in [3.05, 3.63) is 72.1 Å². The molecule has 4 heterocycles. The van der Waals surface area contributed by atoms with Crippen LogP contribution in [0.5, 0.6) is 11.5 Å². The molecule has 4 aromatic rings. The first-order valence-electron chi connectivity index (χ1n) is 13.4. The van der Waals surface area contributed by atoms with Gasteiger partial charge in [-0.25, -0.2) is 9.59 Å². The maximum Gasteiger partial charge on any atom is 0.336 e. The highest BCUT2D eigenvalue weighted by Crippen LogP contribution is 2.31.